The number of aromatic amines is 1. The van der Waals surface area contributed by atoms with E-state index in [0.717, 1.165) is 32.0 Å². The predicted octanol–water partition coefficient (Wildman–Crippen LogP) is 1.56. The molecule has 3 aromatic rings. The Morgan fingerprint density at radius 2 is 1.76 bits per heavy atom. The fourth-order valence-electron chi connectivity index (χ4n) is 3.48. The molecule has 1 aliphatic heterocycles. The minimum atomic E-state index is -0.517. The number of nitrogens with one attached hydrogen (secondary N) is 2. The van der Waals surface area contributed by atoms with Crippen molar-refractivity contribution in [3.63, 3.8) is 0 Å². The zero-order valence-corrected chi connectivity index (χ0v) is 15.9. The summed E-state index contributed by atoms with van der Waals surface area (Å²) in [6.45, 7) is 3.32. The van der Waals surface area contributed by atoms with E-state index in [0.29, 0.717) is 16.6 Å². The molecule has 2 heterocycles. The number of H-pyrrole nitrogens is 1. The Morgan fingerprint density at radius 1 is 1.03 bits per heavy atom. The van der Waals surface area contributed by atoms with Gasteiger partial charge in [0.05, 0.1) is 24.1 Å². The SMILES string of the molecule is O=C(CCn1c(=O)[nH]c(=O)c2ccccc21)Nc1ccc(N2CCOCC2)cc1. The monoisotopic (exact) mass is 394 g/mol. The van der Waals surface area contributed by atoms with Crippen molar-refractivity contribution in [2.75, 3.05) is 36.5 Å². The van der Waals surface area contributed by atoms with E-state index in [4.69, 9.17) is 4.74 Å². The number of fused-ring (bicyclic) bond motifs is 1. The maximum absolute atomic E-state index is 12.4. The van der Waals surface area contributed by atoms with Crippen LogP contribution in [0.25, 0.3) is 10.9 Å². The average Bonchev–Trinajstić information content (AvgIpc) is 2.75. The summed E-state index contributed by atoms with van der Waals surface area (Å²) in [5, 5.41) is 3.27. The number of morpholine rings is 1. The number of ether oxygens (including phenoxy) is 1. The average molecular weight is 394 g/mol. The molecular formula is C21H22N4O4. The number of carbonyl (C=O) groups excluding carboxylic acids is 1. The Labute approximate surface area is 166 Å². The molecular weight excluding hydrogens is 372 g/mol. The van der Waals surface area contributed by atoms with Crippen LogP contribution >= 0.6 is 0 Å². The standard InChI is InChI=1S/C21H22N4O4/c26-19(22-15-5-7-16(8-6-15)24-11-13-29-14-12-24)9-10-25-18-4-2-1-3-17(18)20(27)23-21(25)28/h1-8H,9-14H2,(H,22,26)(H,23,27,28). The highest BCUT2D eigenvalue weighted by Gasteiger charge is 2.12. The second kappa shape index (κ2) is 8.32. The summed E-state index contributed by atoms with van der Waals surface area (Å²) in [7, 11) is 0. The Hall–Kier alpha value is -3.39. The number of rotatable bonds is 5. The number of hydrogen-bond acceptors (Lipinski definition) is 5. The molecule has 1 aliphatic rings. The van der Waals surface area contributed by atoms with E-state index in [2.05, 4.69) is 15.2 Å². The third-order valence-electron chi connectivity index (χ3n) is 4.99. The van der Waals surface area contributed by atoms with Gasteiger partial charge >= 0.3 is 5.69 Å². The van der Waals surface area contributed by atoms with Gasteiger partial charge in [-0.1, -0.05) is 12.1 Å². The van der Waals surface area contributed by atoms with Crippen molar-refractivity contribution >= 4 is 28.2 Å². The van der Waals surface area contributed by atoms with E-state index in [-0.39, 0.29) is 18.9 Å². The molecule has 0 saturated carbocycles. The first-order chi connectivity index (χ1) is 14.1. The van der Waals surface area contributed by atoms with Crippen LogP contribution in [0, 0.1) is 0 Å². The lowest BCUT2D eigenvalue weighted by Crippen LogP contribution is -2.36. The number of benzene rings is 2. The van der Waals surface area contributed by atoms with E-state index in [9.17, 15) is 14.4 Å². The van der Waals surface area contributed by atoms with Gasteiger partial charge in [0.1, 0.15) is 0 Å². The molecule has 1 fully saturated rings. The van der Waals surface area contributed by atoms with Gasteiger partial charge in [-0.15, -0.1) is 0 Å². The summed E-state index contributed by atoms with van der Waals surface area (Å²) in [6.07, 6.45) is 0.112. The van der Waals surface area contributed by atoms with Gasteiger partial charge in [-0.05, 0) is 36.4 Å². The molecule has 1 amide bonds. The topological polar surface area (TPSA) is 96.4 Å². The minimum absolute atomic E-state index is 0.112. The van der Waals surface area contributed by atoms with Crippen LogP contribution in [-0.2, 0) is 16.1 Å². The summed E-state index contributed by atoms with van der Waals surface area (Å²) < 4.78 is 6.77. The van der Waals surface area contributed by atoms with Gasteiger partial charge in [-0.2, -0.15) is 0 Å². The summed E-state index contributed by atoms with van der Waals surface area (Å²) in [6, 6.07) is 14.5. The van der Waals surface area contributed by atoms with Crippen molar-refractivity contribution in [1.82, 2.24) is 9.55 Å². The lowest BCUT2D eigenvalue weighted by Gasteiger charge is -2.28. The first-order valence-corrected chi connectivity index (χ1v) is 9.56. The van der Waals surface area contributed by atoms with Crippen molar-refractivity contribution in [3.05, 3.63) is 69.4 Å². The van der Waals surface area contributed by atoms with Crippen LogP contribution in [-0.4, -0.2) is 41.8 Å². The number of aromatic nitrogens is 2. The molecule has 0 aliphatic carbocycles. The van der Waals surface area contributed by atoms with Crippen LogP contribution in [0.5, 0.6) is 0 Å². The van der Waals surface area contributed by atoms with Crippen LogP contribution in [0.15, 0.2) is 58.1 Å². The number of para-hydroxylation sites is 1. The smallest absolute Gasteiger partial charge is 0.328 e. The van der Waals surface area contributed by atoms with Gasteiger partial charge in [0.2, 0.25) is 5.91 Å². The van der Waals surface area contributed by atoms with E-state index < -0.39 is 11.2 Å². The molecule has 0 atom stereocenters. The van der Waals surface area contributed by atoms with Gasteiger partial charge < -0.3 is 15.0 Å². The maximum Gasteiger partial charge on any atom is 0.328 e. The number of carbonyl (C=O) groups is 1. The van der Waals surface area contributed by atoms with Gasteiger partial charge in [0.15, 0.2) is 0 Å². The largest absolute Gasteiger partial charge is 0.378 e. The normalized spacial score (nSPS) is 14.1. The van der Waals surface area contributed by atoms with Crippen LogP contribution in [0.4, 0.5) is 11.4 Å². The number of amides is 1. The van der Waals surface area contributed by atoms with Crippen LogP contribution in [0.3, 0.4) is 0 Å². The maximum atomic E-state index is 12.4. The van der Waals surface area contributed by atoms with Crippen molar-refractivity contribution in [2.24, 2.45) is 0 Å². The Kier molecular flexibility index (Phi) is 5.44. The number of anilines is 2. The minimum Gasteiger partial charge on any atom is -0.378 e. The molecule has 150 valence electrons. The summed E-state index contributed by atoms with van der Waals surface area (Å²) in [4.78, 5) is 41.0. The number of nitrogens with zero attached hydrogens (tertiary/aromatic N) is 2. The van der Waals surface area contributed by atoms with Crippen molar-refractivity contribution in [3.8, 4) is 0 Å². The predicted molar refractivity (Wildman–Crippen MR) is 112 cm³/mol. The summed E-state index contributed by atoms with van der Waals surface area (Å²) in [5.74, 6) is -0.202. The van der Waals surface area contributed by atoms with Gasteiger partial charge in [-0.3, -0.25) is 19.1 Å². The van der Waals surface area contributed by atoms with Gasteiger partial charge in [0, 0.05) is 37.4 Å². The van der Waals surface area contributed by atoms with Gasteiger partial charge in [-0.25, -0.2) is 4.79 Å². The van der Waals surface area contributed by atoms with E-state index >= 15 is 0 Å². The Bertz CT molecular complexity index is 1130. The third-order valence-corrected chi connectivity index (χ3v) is 4.99. The second-order valence-corrected chi connectivity index (χ2v) is 6.87. The zero-order chi connectivity index (χ0) is 20.2. The van der Waals surface area contributed by atoms with E-state index in [1.807, 2.05) is 24.3 Å². The molecule has 0 radical (unpaired) electrons. The zero-order valence-electron chi connectivity index (χ0n) is 15.9. The molecule has 0 bridgehead atoms. The number of hydrogen-bond donors (Lipinski definition) is 2. The lowest BCUT2D eigenvalue weighted by molar-refractivity contribution is -0.116. The first kappa shape index (κ1) is 18.9. The van der Waals surface area contributed by atoms with Gasteiger partial charge in [0.25, 0.3) is 5.56 Å². The van der Waals surface area contributed by atoms with E-state index in [1.54, 1.807) is 24.3 Å². The quantitative estimate of drug-likeness (QED) is 0.685. The Morgan fingerprint density at radius 3 is 2.52 bits per heavy atom. The molecule has 0 spiro atoms. The fraction of sp³-hybridized carbons (Fsp3) is 0.286. The highest BCUT2D eigenvalue weighted by atomic mass is 16.5. The van der Waals surface area contributed by atoms with Crippen molar-refractivity contribution in [2.45, 2.75) is 13.0 Å². The highest BCUT2D eigenvalue weighted by molar-refractivity contribution is 5.91. The molecule has 4 rings (SSSR count). The Balaban J connectivity index is 1.41. The molecule has 2 N–H and O–H groups in total. The highest BCUT2D eigenvalue weighted by Crippen LogP contribution is 2.19. The molecule has 8 nitrogen and oxygen atoms in total. The molecule has 1 aromatic heterocycles. The fourth-order valence-corrected chi connectivity index (χ4v) is 3.48. The second-order valence-electron chi connectivity index (χ2n) is 6.87. The lowest BCUT2D eigenvalue weighted by atomic mass is 10.2. The van der Waals surface area contributed by atoms with Crippen LogP contribution in [0.1, 0.15) is 6.42 Å². The summed E-state index contributed by atoms with van der Waals surface area (Å²) >= 11 is 0. The van der Waals surface area contributed by atoms with Crippen molar-refractivity contribution < 1.29 is 9.53 Å². The van der Waals surface area contributed by atoms with Crippen molar-refractivity contribution in [1.29, 1.82) is 0 Å². The molecule has 8 heteroatoms. The van der Waals surface area contributed by atoms with Crippen LogP contribution < -0.4 is 21.5 Å². The van der Waals surface area contributed by atoms with E-state index in [1.165, 1.54) is 4.57 Å². The molecule has 0 unspecified atom stereocenters. The molecule has 2 aromatic carbocycles. The number of aryl methyl sites for hydroxylation is 1. The molecule has 29 heavy (non-hydrogen) atoms. The first-order valence-electron chi connectivity index (χ1n) is 9.56. The van der Waals surface area contributed by atoms with Crippen LogP contribution in [0.2, 0.25) is 0 Å². The third kappa shape index (κ3) is 4.22. The summed E-state index contributed by atoms with van der Waals surface area (Å²) in [5.41, 5.74) is 1.37. The molecule has 1 saturated heterocycles.